The van der Waals surface area contributed by atoms with Crippen LogP contribution in [0.15, 0.2) is 11.2 Å². The van der Waals surface area contributed by atoms with Gasteiger partial charge >= 0.3 is 0 Å². The Kier molecular flexibility index (Phi) is 4.09. The first-order valence-corrected chi connectivity index (χ1v) is 6.83. The minimum Gasteiger partial charge on any atom is -0.332 e. The van der Waals surface area contributed by atoms with Gasteiger partial charge in [-0.15, -0.1) is 0 Å². The van der Waals surface area contributed by atoms with E-state index in [1.54, 1.807) is 14.0 Å². The van der Waals surface area contributed by atoms with E-state index < -0.39 is 10.0 Å². The molecule has 92 valence electrons. The molecular weight excluding hydrogens is 226 g/mol. The molecule has 1 heterocycles. The zero-order valence-electron chi connectivity index (χ0n) is 10.2. The van der Waals surface area contributed by atoms with E-state index >= 15 is 0 Å². The van der Waals surface area contributed by atoms with E-state index in [2.05, 4.69) is 9.97 Å². The van der Waals surface area contributed by atoms with Crippen molar-refractivity contribution in [1.82, 2.24) is 14.3 Å². The maximum absolute atomic E-state index is 12.1. The summed E-state index contributed by atoms with van der Waals surface area (Å²) in [7, 11) is -1.82. The molecule has 0 aromatic carbocycles. The van der Waals surface area contributed by atoms with Gasteiger partial charge in [0.1, 0.15) is 5.82 Å². The second kappa shape index (κ2) is 4.97. The second-order valence-corrected chi connectivity index (χ2v) is 5.96. The van der Waals surface area contributed by atoms with Crippen LogP contribution in [0.2, 0.25) is 0 Å². The molecule has 1 unspecified atom stereocenters. The summed E-state index contributed by atoms with van der Waals surface area (Å²) in [6, 6.07) is -0.00129. The van der Waals surface area contributed by atoms with E-state index in [1.807, 2.05) is 13.8 Å². The van der Waals surface area contributed by atoms with Gasteiger partial charge in [0, 0.05) is 13.1 Å². The quantitative estimate of drug-likeness (QED) is 0.855. The molecule has 0 aliphatic heterocycles. The summed E-state index contributed by atoms with van der Waals surface area (Å²) >= 11 is 0. The molecule has 1 aromatic rings. The van der Waals surface area contributed by atoms with Gasteiger partial charge in [0.05, 0.1) is 6.20 Å². The molecule has 0 fully saturated rings. The first-order valence-electron chi connectivity index (χ1n) is 5.39. The lowest BCUT2D eigenvalue weighted by molar-refractivity contribution is 0.367. The molecule has 1 N–H and O–H groups in total. The van der Waals surface area contributed by atoms with E-state index in [9.17, 15) is 8.42 Å². The summed E-state index contributed by atoms with van der Waals surface area (Å²) in [6.45, 7) is 5.68. The van der Waals surface area contributed by atoms with Crippen molar-refractivity contribution in [3.63, 3.8) is 0 Å². The monoisotopic (exact) mass is 245 g/mol. The zero-order valence-corrected chi connectivity index (χ0v) is 11.0. The molecule has 5 nitrogen and oxygen atoms in total. The van der Waals surface area contributed by atoms with Crippen molar-refractivity contribution in [1.29, 1.82) is 0 Å². The molecule has 1 rings (SSSR count). The highest BCUT2D eigenvalue weighted by Crippen LogP contribution is 2.16. The lowest BCUT2D eigenvalue weighted by Gasteiger charge is -2.22. The van der Waals surface area contributed by atoms with Crippen LogP contribution in [0.5, 0.6) is 0 Å². The number of nitrogens with zero attached hydrogens (tertiary/aromatic N) is 2. The molecule has 0 radical (unpaired) electrons. The smallest absolute Gasteiger partial charge is 0.260 e. The van der Waals surface area contributed by atoms with Crippen LogP contribution in [0.1, 0.15) is 32.5 Å². The lowest BCUT2D eigenvalue weighted by Crippen LogP contribution is -2.35. The van der Waals surface area contributed by atoms with Gasteiger partial charge in [0.2, 0.25) is 0 Å². The Balaban J connectivity index is 2.94. The van der Waals surface area contributed by atoms with Crippen LogP contribution in [0, 0.1) is 6.92 Å². The lowest BCUT2D eigenvalue weighted by atomic mass is 10.2. The highest BCUT2D eigenvalue weighted by Gasteiger charge is 2.26. The van der Waals surface area contributed by atoms with E-state index in [1.165, 1.54) is 10.5 Å². The van der Waals surface area contributed by atoms with Crippen LogP contribution in [0.4, 0.5) is 0 Å². The van der Waals surface area contributed by atoms with Gasteiger partial charge in [-0.05, 0) is 20.3 Å². The SMILES string of the molecule is CCCC(C)N(C)S(=O)(=O)c1cnc(C)[nH]1. The van der Waals surface area contributed by atoms with Crippen molar-refractivity contribution in [2.24, 2.45) is 0 Å². The highest BCUT2D eigenvalue weighted by molar-refractivity contribution is 7.89. The Bertz CT molecular complexity index is 439. The van der Waals surface area contributed by atoms with Gasteiger partial charge in [-0.3, -0.25) is 0 Å². The summed E-state index contributed by atoms with van der Waals surface area (Å²) in [5.74, 6) is 0.607. The molecule has 0 amide bonds. The average Bonchev–Trinajstić information content (AvgIpc) is 2.64. The first kappa shape index (κ1) is 13.2. The third kappa shape index (κ3) is 2.62. The molecule has 0 spiro atoms. The number of sulfonamides is 1. The number of H-pyrrole nitrogens is 1. The summed E-state index contributed by atoms with van der Waals surface area (Å²) in [4.78, 5) is 6.66. The number of aromatic nitrogens is 2. The Hall–Kier alpha value is -0.880. The van der Waals surface area contributed by atoms with Gasteiger partial charge in [0.15, 0.2) is 5.03 Å². The Morgan fingerprint density at radius 1 is 1.56 bits per heavy atom. The molecule has 0 saturated carbocycles. The number of rotatable bonds is 5. The Morgan fingerprint density at radius 2 is 2.19 bits per heavy atom. The minimum atomic E-state index is -3.42. The molecule has 6 heteroatoms. The second-order valence-electron chi connectivity index (χ2n) is 3.99. The van der Waals surface area contributed by atoms with Gasteiger partial charge in [-0.1, -0.05) is 13.3 Å². The average molecular weight is 245 g/mol. The van der Waals surface area contributed by atoms with E-state index in [0.717, 1.165) is 12.8 Å². The maximum atomic E-state index is 12.1. The predicted molar refractivity (Wildman–Crippen MR) is 62.6 cm³/mol. The number of imidazole rings is 1. The normalized spacial score (nSPS) is 14.3. The Labute approximate surface area is 96.9 Å². The highest BCUT2D eigenvalue weighted by atomic mass is 32.2. The number of hydrogen-bond acceptors (Lipinski definition) is 3. The van der Waals surface area contributed by atoms with Gasteiger partial charge in [0.25, 0.3) is 10.0 Å². The van der Waals surface area contributed by atoms with Crippen molar-refractivity contribution < 1.29 is 8.42 Å². The van der Waals surface area contributed by atoms with Crippen molar-refractivity contribution >= 4 is 10.0 Å². The van der Waals surface area contributed by atoms with Gasteiger partial charge in [-0.2, -0.15) is 4.31 Å². The van der Waals surface area contributed by atoms with E-state index in [0.29, 0.717) is 5.82 Å². The molecule has 0 bridgehead atoms. The largest absolute Gasteiger partial charge is 0.332 e. The van der Waals surface area contributed by atoms with Crippen molar-refractivity contribution in [3.8, 4) is 0 Å². The fraction of sp³-hybridized carbons (Fsp3) is 0.700. The van der Waals surface area contributed by atoms with Crippen LogP contribution in [-0.4, -0.2) is 35.8 Å². The van der Waals surface area contributed by atoms with Gasteiger partial charge < -0.3 is 4.98 Å². The topological polar surface area (TPSA) is 66.1 Å². The van der Waals surface area contributed by atoms with Crippen LogP contribution < -0.4 is 0 Å². The molecule has 1 aromatic heterocycles. The number of aryl methyl sites for hydroxylation is 1. The third-order valence-corrected chi connectivity index (χ3v) is 4.55. The molecule has 16 heavy (non-hydrogen) atoms. The number of aromatic amines is 1. The zero-order chi connectivity index (χ0) is 12.3. The van der Waals surface area contributed by atoms with Crippen LogP contribution in [0.3, 0.4) is 0 Å². The standard InChI is InChI=1S/C10H19N3O2S/c1-5-6-8(2)13(4)16(14,15)10-7-11-9(3)12-10/h7-8H,5-6H2,1-4H3,(H,11,12). The van der Waals surface area contributed by atoms with E-state index in [4.69, 9.17) is 0 Å². The number of nitrogens with one attached hydrogen (secondary N) is 1. The Morgan fingerprint density at radius 3 is 2.62 bits per heavy atom. The summed E-state index contributed by atoms with van der Waals surface area (Å²) in [5, 5.41) is 0.162. The van der Waals surface area contributed by atoms with Crippen LogP contribution in [-0.2, 0) is 10.0 Å². The summed E-state index contributed by atoms with van der Waals surface area (Å²) in [5.41, 5.74) is 0. The minimum absolute atomic E-state index is 0.00129. The fourth-order valence-corrected chi connectivity index (χ4v) is 2.87. The fourth-order valence-electron chi connectivity index (χ4n) is 1.52. The molecule has 1 atom stereocenters. The molecule has 0 aliphatic carbocycles. The van der Waals surface area contributed by atoms with Crippen molar-refractivity contribution in [2.75, 3.05) is 7.05 Å². The van der Waals surface area contributed by atoms with Crippen molar-refractivity contribution in [3.05, 3.63) is 12.0 Å². The third-order valence-electron chi connectivity index (χ3n) is 2.66. The summed E-state index contributed by atoms with van der Waals surface area (Å²) in [6.07, 6.45) is 3.17. The van der Waals surface area contributed by atoms with Crippen LogP contribution in [0.25, 0.3) is 0 Å². The first-order chi connectivity index (χ1) is 7.39. The van der Waals surface area contributed by atoms with Gasteiger partial charge in [-0.25, -0.2) is 13.4 Å². The molecule has 0 aliphatic rings. The number of hydrogen-bond donors (Lipinski definition) is 1. The maximum Gasteiger partial charge on any atom is 0.260 e. The van der Waals surface area contributed by atoms with Crippen molar-refractivity contribution in [2.45, 2.75) is 44.7 Å². The molecular formula is C10H19N3O2S. The van der Waals surface area contributed by atoms with E-state index in [-0.39, 0.29) is 11.1 Å². The molecule has 0 saturated heterocycles. The summed E-state index contributed by atoms with van der Waals surface area (Å²) < 4.78 is 25.6. The van der Waals surface area contributed by atoms with Crippen LogP contribution >= 0.6 is 0 Å². The predicted octanol–water partition coefficient (Wildman–Crippen LogP) is 1.53.